The summed E-state index contributed by atoms with van der Waals surface area (Å²) in [6, 6.07) is 12.2. The van der Waals surface area contributed by atoms with Crippen molar-refractivity contribution in [2.75, 3.05) is 12.9 Å². The molecule has 1 aromatic carbocycles. The maximum Gasteiger partial charge on any atom is 0.233 e. The van der Waals surface area contributed by atoms with Gasteiger partial charge in [-0.15, -0.1) is 11.3 Å². The van der Waals surface area contributed by atoms with Crippen LogP contribution >= 0.6 is 23.1 Å². The Morgan fingerprint density at radius 3 is 2.71 bits per heavy atom. The van der Waals surface area contributed by atoms with Gasteiger partial charge in [-0.25, -0.2) is 4.98 Å². The van der Waals surface area contributed by atoms with E-state index in [9.17, 15) is 4.79 Å². The first-order chi connectivity index (χ1) is 13.6. The Kier molecular flexibility index (Phi) is 7.17. The van der Waals surface area contributed by atoms with Crippen LogP contribution in [0.15, 0.2) is 59.3 Å². The highest BCUT2D eigenvalue weighted by atomic mass is 32.2. The van der Waals surface area contributed by atoms with Crippen molar-refractivity contribution in [1.29, 1.82) is 0 Å². The molecule has 3 aromatic rings. The molecule has 0 aliphatic rings. The van der Waals surface area contributed by atoms with Gasteiger partial charge < -0.3 is 14.2 Å². The van der Waals surface area contributed by atoms with Crippen LogP contribution in [-0.4, -0.2) is 39.3 Å². The number of thioether (sulfide) groups is 1. The zero-order chi connectivity index (χ0) is 19.9. The maximum absolute atomic E-state index is 13.1. The van der Waals surface area contributed by atoms with E-state index in [-0.39, 0.29) is 11.9 Å². The van der Waals surface area contributed by atoms with E-state index >= 15 is 0 Å². The fourth-order valence-corrected chi connectivity index (χ4v) is 4.59. The Hall–Kier alpha value is -2.25. The van der Waals surface area contributed by atoms with Crippen LogP contribution in [0.4, 0.5) is 0 Å². The van der Waals surface area contributed by atoms with Gasteiger partial charge in [0.1, 0.15) is 5.75 Å². The highest BCUT2D eigenvalue weighted by Crippen LogP contribution is 2.21. The quantitative estimate of drug-likeness (QED) is 0.491. The average molecular weight is 416 g/mol. The molecule has 1 amide bonds. The topological polar surface area (TPSA) is 47.4 Å². The van der Waals surface area contributed by atoms with Crippen molar-refractivity contribution in [3.8, 4) is 5.75 Å². The first kappa shape index (κ1) is 20.5. The first-order valence-electron chi connectivity index (χ1n) is 9.11. The Morgan fingerprint density at radius 1 is 1.32 bits per heavy atom. The molecule has 28 heavy (non-hydrogen) atoms. The summed E-state index contributed by atoms with van der Waals surface area (Å²) >= 11 is 3.21. The molecule has 3 rings (SSSR count). The lowest BCUT2D eigenvalue weighted by atomic mass is 10.1. The number of carbonyl (C=O) groups excluding carboxylic acids is 1. The van der Waals surface area contributed by atoms with E-state index in [4.69, 9.17) is 4.74 Å². The number of methoxy groups -OCH3 is 1. The van der Waals surface area contributed by atoms with Crippen molar-refractivity contribution in [1.82, 2.24) is 14.5 Å². The van der Waals surface area contributed by atoms with Crippen LogP contribution in [0.25, 0.3) is 0 Å². The van der Waals surface area contributed by atoms with Crippen LogP contribution in [0.3, 0.4) is 0 Å². The Labute approximate surface area is 174 Å². The van der Waals surface area contributed by atoms with E-state index in [2.05, 4.69) is 29.4 Å². The minimum Gasteiger partial charge on any atom is -0.497 e. The van der Waals surface area contributed by atoms with E-state index in [0.717, 1.165) is 22.9 Å². The molecule has 7 heteroatoms. The SMILES string of the molecule is COc1ccc(CN(C(=O)CSc2nccn2C)[C@@H](C)Cc2cccs2)cc1. The van der Waals surface area contributed by atoms with Crippen molar-refractivity contribution < 1.29 is 9.53 Å². The summed E-state index contributed by atoms with van der Waals surface area (Å²) in [7, 11) is 3.59. The number of aromatic nitrogens is 2. The summed E-state index contributed by atoms with van der Waals surface area (Å²) in [5.74, 6) is 1.31. The monoisotopic (exact) mass is 415 g/mol. The van der Waals surface area contributed by atoms with Gasteiger partial charge in [-0.05, 0) is 36.1 Å². The van der Waals surface area contributed by atoms with Gasteiger partial charge in [0.15, 0.2) is 5.16 Å². The highest BCUT2D eigenvalue weighted by molar-refractivity contribution is 7.99. The summed E-state index contributed by atoms with van der Waals surface area (Å²) in [5, 5.41) is 2.93. The van der Waals surface area contributed by atoms with Crippen molar-refractivity contribution in [3.05, 3.63) is 64.6 Å². The molecule has 0 bridgehead atoms. The van der Waals surface area contributed by atoms with Crippen LogP contribution < -0.4 is 4.74 Å². The molecule has 0 radical (unpaired) electrons. The Bertz CT molecular complexity index is 875. The highest BCUT2D eigenvalue weighted by Gasteiger charge is 2.22. The summed E-state index contributed by atoms with van der Waals surface area (Å²) in [4.78, 5) is 20.7. The van der Waals surface area contributed by atoms with E-state index in [1.165, 1.54) is 16.6 Å². The molecular formula is C21H25N3O2S2. The zero-order valence-corrected chi connectivity index (χ0v) is 18.0. The average Bonchev–Trinajstić information content (AvgIpc) is 3.36. The van der Waals surface area contributed by atoms with Crippen molar-refractivity contribution in [2.24, 2.45) is 7.05 Å². The molecule has 0 N–H and O–H groups in total. The number of ether oxygens (including phenoxy) is 1. The molecule has 2 heterocycles. The largest absolute Gasteiger partial charge is 0.497 e. The lowest BCUT2D eigenvalue weighted by molar-refractivity contribution is -0.131. The minimum absolute atomic E-state index is 0.107. The van der Waals surface area contributed by atoms with E-state index in [1.54, 1.807) is 24.6 Å². The molecule has 0 fully saturated rings. The van der Waals surface area contributed by atoms with Crippen LogP contribution in [0.5, 0.6) is 5.75 Å². The smallest absolute Gasteiger partial charge is 0.233 e. The molecule has 148 valence electrons. The number of hydrogen-bond donors (Lipinski definition) is 0. The second-order valence-corrected chi connectivity index (χ2v) is 8.59. The number of imidazole rings is 1. The summed E-state index contributed by atoms with van der Waals surface area (Å²) in [6.45, 7) is 2.70. The number of benzene rings is 1. The van der Waals surface area contributed by atoms with Crippen molar-refractivity contribution >= 4 is 29.0 Å². The molecule has 0 saturated carbocycles. The van der Waals surface area contributed by atoms with Crippen LogP contribution in [-0.2, 0) is 24.8 Å². The molecule has 0 spiro atoms. The third-order valence-electron chi connectivity index (χ3n) is 4.54. The number of amides is 1. The molecule has 0 unspecified atom stereocenters. The van der Waals surface area contributed by atoms with Gasteiger partial charge in [0.2, 0.25) is 5.91 Å². The van der Waals surface area contributed by atoms with Crippen molar-refractivity contribution in [3.63, 3.8) is 0 Å². The fraction of sp³-hybridized carbons (Fsp3) is 0.333. The summed E-state index contributed by atoms with van der Waals surface area (Å²) < 4.78 is 7.17. The van der Waals surface area contributed by atoms with Gasteiger partial charge in [-0.1, -0.05) is 30.0 Å². The lowest BCUT2D eigenvalue weighted by Crippen LogP contribution is -2.40. The normalized spacial score (nSPS) is 12.0. The minimum atomic E-state index is 0.107. The fourth-order valence-electron chi connectivity index (χ4n) is 2.95. The molecular weight excluding hydrogens is 390 g/mol. The Morgan fingerprint density at radius 2 is 2.11 bits per heavy atom. The zero-order valence-electron chi connectivity index (χ0n) is 16.4. The summed E-state index contributed by atoms with van der Waals surface area (Å²) in [5.41, 5.74) is 1.09. The predicted octanol–water partition coefficient (Wildman–Crippen LogP) is 4.24. The van der Waals surface area contributed by atoms with Gasteiger partial charge in [0, 0.05) is 43.3 Å². The van der Waals surface area contributed by atoms with Gasteiger partial charge in [0.25, 0.3) is 0 Å². The number of carbonyl (C=O) groups is 1. The number of nitrogens with zero attached hydrogens (tertiary/aromatic N) is 3. The molecule has 0 saturated heterocycles. The predicted molar refractivity (Wildman–Crippen MR) is 115 cm³/mol. The number of rotatable bonds is 9. The summed E-state index contributed by atoms with van der Waals surface area (Å²) in [6.07, 6.45) is 4.50. The van der Waals surface area contributed by atoms with Crippen LogP contribution in [0.2, 0.25) is 0 Å². The second-order valence-electron chi connectivity index (χ2n) is 6.61. The van der Waals surface area contributed by atoms with Crippen LogP contribution in [0, 0.1) is 0 Å². The van der Waals surface area contributed by atoms with Crippen LogP contribution in [0.1, 0.15) is 17.4 Å². The first-order valence-corrected chi connectivity index (χ1v) is 11.0. The van der Waals surface area contributed by atoms with E-state index in [1.807, 2.05) is 47.0 Å². The number of hydrogen-bond acceptors (Lipinski definition) is 5. The van der Waals surface area contributed by atoms with Gasteiger partial charge >= 0.3 is 0 Å². The number of thiophene rings is 1. The molecule has 5 nitrogen and oxygen atoms in total. The van der Waals surface area contributed by atoms with Gasteiger partial charge in [-0.3, -0.25) is 4.79 Å². The second kappa shape index (κ2) is 9.80. The molecule has 2 aromatic heterocycles. The third kappa shape index (κ3) is 5.39. The third-order valence-corrected chi connectivity index (χ3v) is 6.48. The standard InChI is InChI=1S/C21H25N3O2S2/c1-16(13-19-5-4-12-27-19)24(14-17-6-8-18(26-3)9-7-17)20(25)15-28-21-22-10-11-23(21)2/h4-12,16H,13-15H2,1-3H3/t16-/m0/s1. The maximum atomic E-state index is 13.1. The molecule has 1 atom stereocenters. The van der Waals surface area contributed by atoms with Crippen molar-refractivity contribution in [2.45, 2.75) is 31.1 Å². The molecule has 0 aliphatic carbocycles. The lowest BCUT2D eigenvalue weighted by Gasteiger charge is -2.29. The van der Waals surface area contributed by atoms with Gasteiger partial charge in [0.05, 0.1) is 12.9 Å². The molecule has 0 aliphatic heterocycles. The van der Waals surface area contributed by atoms with E-state index < -0.39 is 0 Å². The Balaban J connectivity index is 1.71. The van der Waals surface area contributed by atoms with Gasteiger partial charge in [-0.2, -0.15) is 0 Å². The number of aryl methyl sites for hydroxylation is 1. The van der Waals surface area contributed by atoms with E-state index in [0.29, 0.717) is 12.3 Å².